The fourth-order valence-electron chi connectivity index (χ4n) is 1.67. The summed E-state index contributed by atoms with van der Waals surface area (Å²) in [6.45, 7) is 3.67. The molecule has 0 aliphatic rings. The summed E-state index contributed by atoms with van der Waals surface area (Å²) in [5.74, 6) is 0.377. The topological polar surface area (TPSA) is 59.2 Å². The van der Waals surface area contributed by atoms with Crippen LogP contribution in [0.2, 0.25) is 0 Å². The summed E-state index contributed by atoms with van der Waals surface area (Å²) in [6, 6.07) is 4.58. The lowest BCUT2D eigenvalue weighted by Crippen LogP contribution is -2.08. The highest BCUT2D eigenvalue weighted by atomic mass is 19.1. The number of hydrogen-bond donors (Lipinski definition) is 1. The SMILES string of the molecule is CCC(O)Cc1nc(-c2cc(C)cc(F)c2)no1. The smallest absolute Gasteiger partial charge is 0.229 e. The highest BCUT2D eigenvalue weighted by molar-refractivity contribution is 5.55. The van der Waals surface area contributed by atoms with E-state index in [0.717, 1.165) is 5.56 Å². The number of rotatable bonds is 4. The average molecular weight is 250 g/mol. The molecule has 1 unspecified atom stereocenters. The van der Waals surface area contributed by atoms with Gasteiger partial charge in [-0.2, -0.15) is 4.98 Å². The van der Waals surface area contributed by atoms with Crippen LogP contribution >= 0.6 is 0 Å². The molecule has 0 spiro atoms. The van der Waals surface area contributed by atoms with E-state index < -0.39 is 6.10 Å². The molecule has 96 valence electrons. The van der Waals surface area contributed by atoms with Crippen LogP contribution in [0.1, 0.15) is 24.8 Å². The van der Waals surface area contributed by atoms with E-state index in [-0.39, 0.29) is 5.82 Å². The van der Waals surface area contributed by atoms with E-state index in [1.165, 1.54) is 12.1 Å². The molecule has 1 aromatic carbocycles. The van der Waals surface area contributed by atoms with Crippen molar-refractivity contribution in [3.63, 3.8) is 0 Å². The summed E-state index contributed by atoms with van der Waals surface area (Å²) in [6.07, 6.45) is 0.446. The monoisotopic (exact) mass is 250 g/mol. The predicted molar refractivity (Wildman–Crippen MR) is 64.4 cm³/mol. The van der Waals surface area contributed by atoms with Crippen LogP contribution < -0.4 is 0 Å². The third-order valence-electron chi connectivity index (χ3n) is 2.65. The lowest BCUT2D eigenvalue weighted by atomic mass is 10.1. The van der Waals surface area contributed by atoms with E-state index in [1.807, 2.05) is 6.92 Å². The first-order valence-electron chi connectivity index (χ1n) is 5.86. The molecule has 0 radical (unpaired) electrons. The lowest BCUT2D eigenvalue weighted by Gasteiger charge is -2.01. The van der Waals surface area contributed by atoms with Gasteiger partial charge in [0, 0.05) is 5.56 Å². The number of aromatic nitrogens is 2. The first-order chi connectivity index (χ1) is 8.58. The molecule has 0 saturated heterocycles. The Morgan fingerprint density at radius 3 is 2.83 bits per heavy atom. The van der Waals surface area contributed by atoms with Gasteiger partial charge in [0.1, 0.15) is 5.82 Å². The largest absolute Gasteiger partial charge is 0.393 e. The molecule has 0 amide bonds. The van der Waals surface area contributed by atoms with Crippen LogP contribution in [0.25, 0.3) is 11.4 Å². The molecule has 1 N–H and O–H groups in total. The fraction of sp³-hybridized carbons (Fsp3) is 0.385. The van der Waals surface area contributed by atoms with E-state index in [9.17, 15) is 9.50 Å². The molecule has 18 heavy (non-hydrogen) atoms. The van der Waals surface area contributed by atoms with Crippen molar-refractivity contribution >= 4 is 0 Å². The summed E-state index contributed by atoms with van der Waals surface area (Å²) in [4.78, 5) is 4.15. The summed E-state index contributed by atoms with van der Waals surface area (Å²) in [7, 11) is 0. The number of aliphatic hydroxyl groups excluding tert-OH is 1. The van der Waals surface area contributed by atoms with Crippen molar-refractivity contribution < 1.29 is 14.0 Å². The van der Waals surface area contributed by atoms with Gasteiger partial charge in [-0.15, -0.1) is 0 Å². The van der Waals surface area contributed by atoms with Gasteiger partial charge in [-0.05, 0) is 37.1 Å². The Labute approximate surface area is 104 Å². The van der Waals surface area contributed by atoms with Gasteiger partial charge in [-0.25, -0.2) is 4.39 Å². The van der Waals surface area contributed by atoms with Gasteiger partial charge in [0.05, 0.1) is 12.5 Å². The molecule has 0 saturated carbocycles. The van der Waals surface area contributed by atoms with E-state index in [2.05, 4.69) is 10.1 Å². The zero-order valence-electron chi connectivity index (χ0n) is 10.4. The Bertz CT molecular complexity index is 519. The van der Waals surface area contributed by atoms with Crippen molar-refractivity contribution in [2.75, 3.05) is 0 Å². The van der Waals surface area contributed by atoms with Crippen molar-refractivity contribution in [2.45, 2.75) is 32.8 Å². The van der Waals surface area contributed by atoms with Gasteiger partial charge in [-0.3, -0.25) is 0 Å². The quantitative estimate of drug-likeness (QED) is 0.905. The van der Waals surface area contributed by atoms with Crippen LogP contribution in [0, 0.1) is 12.7 Å². The molecule has 2 rings (SSSR count). The maximum atomic E-state index is 13.3. The van der Waals surface area contributed by atoms with Gasteiger partial charge in [0.2, 0.25) is 11.7 Å². The highest BCUT2D eigenvalue weighted by Crippen LogP contribution is 2.19. The minimum Gasteiger partial charge on any atom is -0.393 e. The highest BCUT2D eigenvalue weighted by Gasteiger charge is 2.12. The zero-order chi connectivity index (χ0) is 13.1. The number of nitrogens with zero attached hydrogens (tertiary/aromatic N) is 2. The number of halogens is 1. The van der Waals surface area contributed by atoms with Crippen LogP contribution in [0.4, 0.5) is 4.39 Å². The minimum atomic E-state index is -0.493. The summed E-state index contributed by atoms with van der Waals surface area (Å²) < 4.78 is 18.3. The molecule has 0 bridgehead atoms. The van der Waals surface area contributed by atoms with Crippen LogP contribution in [0.15, 0.2) is 22.7 Å². The van der Waals surface area contributed by atoms with Crippen molar-refractivity contribution in [3.8, 4) is 11.4 Å². The zero-order valence-corrected chi connectivity index (χ0v) is 10.4. The summed E-state index contributed by atoms with van der Waals surface area (Å²) in [5, 5.41) is 13.3. The van der Waals surface area contributed by atoms with Crippen LogP contribution in [0.5, 0.6) is 0 Å². The number of aliphatic hydroxyl groups is 1. The van der Waals surface area contributed by atoms with Gasteiger partial charge >= 0.3 is 0 Å². The van der Waals surface area contributed by atoms with E-state index in [1.54, 1.807) is 13.0 Å². The van der Waals surface area contributed by atoms with Crippen LogP contribution in [-0.2, 0) is 6.42 Å². The van der Waals surface area contributed by atoms with E-state index >= 15 is 0 Å². The normalized spacial score (nSPS) is 12.7. The maximum absolute atomic E-state index is 13.3. The van der Waals surface area contributed by atoms with Crippen molar-refractivity contribution in [1.82, 2.24) is 10.1 Å². The van der Waals surface area contributed by atoms with Gasteiger partial charge in [0.15, 0.2) is 0 Å². The van der Waals surface area contributed by atoms with Gasteiger partial charge in [-0.1, -0.05) is 12.1 Å². The summed E-state index contributed by atoms with van der Waals surface area (Å²) >= 11 is 0. The molecule has 0 aliphatic heterocycles. The standard InChI is InChI=1S/C13H15FN2O2/c1-3-11(17)7-12-15-13(16-18-12)9-4-8(2)5-10(14)6-9/h4-6,11,17H,3,7H2,1-2H3. The van der Waals surface area contributed by atoms with Crippen molar-refractivity contribution in [1.29, 1.82) is 0 Å². The van der Waals surface area contributed by atoms with E-state index in [4.69, 9.17) is 4.52 Å². The third-order valence-corrected chi connectivity index (χ3v) is 2.65. The molecule has 2 aromatic rings. The van der Waals surface area contributed by atoms with Crippen molar-refractivity contribution in [2.24, 2.45) is 0 Å². The molecule has 0 fully saturated rings. The minimum absolute atomic E-state index is 0.317. The molecule has 4 nitrogen and oxygen atoms in total. The number of aryl methyl sites for hydroxylation is 1. The van der Waals surface area contributed by atoms with E-state index in [0.29, 0.717) is 30.1 Å². The molecular weight excluding hydrogens is 235 g/mol. The molecule has 1 heterocycles. The first-order valence-corrected chi connectivity index (χ1v) is 5.86. The fourth-order valence-corrected chi connectivity index (χ4v) is 1.67. The molecule has 1 atom stereocenters. The predicted octanol–water partition coefficient (Wildman–Crippen LogP) is 2.50. The second kappa shape index (κ2) is 5.27. The van der Waals surface area contributed by atoms with Crippen LogP contribution in [0.3, 0.4) is 0 Å². The number of benzene rings is 1. The molecule has 1 aromatic heterocycles. The van der Waals surface area contributed by atoms with Crippen LogP contribution in [-0.4, -0.2) is 21.4 Å². The molecule has 5 heteroatoms. The van der Waals surface area contributed by atoms with Gasteiger partial charge in [0.25, 0.3) is 0 Å². The third kappa shape index (κ3) is 2.92. The molecule has 0 aliphatic carbocycles. The number of hydrogen-bond acceptors (Lipinski definition) is 4. The van der Waals surface area contributed by atoms with Crippen molar-refractivity contribution in [3.05, 3.63) is 35.5 Å². The molecular formula is C13H15FN2O2. The Balaban J connectivity index is 2.23. The van der Waals surface area contributed by atoms with Gasteiger partial charge < -0.3 is 9.63 Å². The Morgan fingerprint density at radius 2 is 2.17 bits per heavy atom. The summed E-state index contributed by atoms with van der Waals surface area (Å²) in [5.41, 5.74) is 1.37. The average Bonchev–Trinajstić information content (AvgIpc) is 2.76. The second-order valence-electron chi connectivity index (χ2n) is 4.30. The Morgan fingerprint density at radius 1 is 1.39 bits per heavy atom. The second-order valence-corrected chi connectivity index (χ2v) is 4.30. The Hall–Kier alpha value is -1.75. The first kappa shape index (κ1) is 12.7. The lowest BCUT2D eigenvalue weighted by molar-refractivity contribution is 0.158. The Kier molecular flexibility index (Phi) is 3.72. The maximum Gasteiger partial charge on any atom is 0.229 e.